The Hall–Kier alpha value is -3.41. The van der Waals surface area contributed by atoms with Crippen LogP contribution in [0.3, 0.4) is 0 Å². The van der Waals surface area contributed by atoms with E-state index in [1.165, 1.54) is 7.05 Å². The number of H-pyrrole nitrogens is 1. The molecule has 0 radical (unpaired) electrons. The SMILES string of the molecule is Cn1cc(C(=O)Nc2[nH]ncc2C(=O)NCc2cc(Cl)ccc2C(F)(F)F)c(F)n1. The molecule has 158 valence electrons. The Balaban J connectivity index is 1.74. The Morgan fingerprint density at radius 1 is 1.23 bits per heavy atom. The minimum atomic E-state index is -4.63. The molecule has 1 aromatic carbocycles. The van der Waals surface area contributed by atoms with E-state index in [-0.39, 0.29) is 27.5 Å². The molecule has 3 rings (SSSR count). The number of aromatic nitrogens is 4. The molecule has 8 nitrogen and oxygen atoms in total. The van der Waals surface area contributed by atoms with Gasteiger partial charge in [-0.25, -0.2) is 0 Å². The number of nitrogens with zero attached hydrogens (tertiary/aromatic N) is 3. The van der Waals surface area contributed by atoms with Crippen LogP contribution in [0, 0.1) is 5.95 Å². The minimum Gasteiger partial charge on any atom is -0.348 e. The summed E-state index contributed by atoms with van der Waals surface area (Å²) in [4.78, 5) is 24.6. The molecule has 30 heavy (non-hydrogen) atoms. The fourth-order valence-corrected chi connectivity index (χ4v) is 2.80. The molecular weight excluding hydrogens is 432 g/mol. The van der Waals surface area contributed by atoms with Crippen LogP contribution in [0.1, 0.15) is 31.8 Å². The van der Waals surface area contributed by atoms with Crippen LogP contribution in [0.4, 0.5) is 23.4 Å². The van der Waals surface area contributed by atoms with Crippen LogP contribution in [0.25, 0.3) is 0 Å². The van der Waals surface area contributed by atoms with Crippen LogP contribution >= 0.6 is 11.6 Å². The fraction of sp³-hybridized carbons (Fsp3) is 0.176. The zero-order valence-electron chi connectivity index (χ0n) is 15.1. The van der Waals surface area contributed by atoms with Crippen molar-refractivity contribution < 1.29 is 27.2 Å². The number of aryl methyl sites for hydroxylation is 1. The lowest BCUT2D eigenvalue weighted by Gasteiger charge is -2.14. The largest absolute Gasteiger partial charge is 0.416 e. The number of carbonyl (C=O) groups excluding carboxylic acids is 2. The molecule has 0 fully saturated rings. The summed E-state index contributed by atoms with van der Waals surface area (Å²) in [6.07, 6.45) is -2.43. The van der Waals surface area contributed by atoms with Gasteiger partial charge in [-0.1, -0.05) is 11.6 Å². The van der Waals surface area contributed by atoms with Crippen LogP contribution < -0.4 is 10.6 Å². The number of anilines is 1. The van der Waals surface area contributed by atoms with Crippen molar-refractivity contribution in [3.05, 3.63) is 63.8 Å². The molecule has 0 atom stereocenters. The smallest absolute Gasteiger partial charge is 0.348 e. The van der Waals surface area contributed by atoms with Crippen molar-refractivity contribution in [1.82, 2.24) is 25.3 Å². The molecule has 0 aliphatic rings. The normalized spacial score (nSPS) is 11.4. The van der Waals surface area contributed by atoms with Crippen LogP contribution in [0.2, 0.25) is 5.02 Å². The third kappa shape index (κ3) is 4.59. The van der Waals surface area contributed by atoms with Crippen molar-refractivity contribution in [2.75, 3.05) is 5.32 Å². The molecule has 2 aromatic heterocycles. The number of aromatic amines is 1. The van der Waals surface area contributed by atoms with Gasteiger partial charge in [0.1, 0.15) is 16.9 Å². The first-order chi connectivity index (χ1) is 14.1. The highest BCUT2D eigenvalue weighted by molar-refractivity contribution is 6.30. The second-order valence-electron chi connectivity index (χ2n) is 6.10. The molecular formula is C17H13ClF4N6O2. The molecule has 3 N–H and O–H groups in total. The number of nitrogens with one attached hydrogen (secondary N) is 3. The van der Waals surface area contributed by atoms with Gasteiger partial charge in [-0.3, -0.25) is 19.4 Å². The number of hydrogen-bond donors (Lipinski definition) is 3. The standard InChI is InChI=1S/C17H13ClF4N6O2/c1-28-7-11(13(19)27-28)16(30)25-14-10(6-24-26-14)15(29)23-5-8-4-9(18)2-3-12(8)17(20,21)22/h2-4,6-7H,5H2,1H3,(H,23,29)(H2,24,25,26,30). The third-order valence-corrected chi connectivity index (χ3v) is 4.20. The van der Waals surface area contributed by atoms with Crippen molar-refractivity contribution in [1.29, 1.82) is 0 Å². The Morgan fingerprint density at radius 2 is 1.97 bits per heavy atom. The van der Waals surface area contributed by atoms with Gasteiger partial charge < -0.3 is 10.6 Å². The maximum atomic E-state index is 13.6. The van der Waals surface area contributed by atoms with E-state index in [4.69, 9.17) is 11.6 Å². The molecule has 3 aromatic rings. The Bertz CT molecular complexity index is 1110. The summed E-state index contributed by atoms with van der Waals surface area (Å²) in [5.41, 5.74) is -1.72. The molecule has 0 aliphatic carbocycles. The van der Waals surface area contributed by atoms with Crippen molar-refractivity contribution in [3.63, 3.8) is 0 Å². The Kier molecular flexibility index (Phi) is 5.78. The number of benzene rings is 1. The van der Waals surface area contributed by atoms with Gasteiger partial charge in [0, 0.05) is 24.8 Å². The van der Waals surface area contributed by atoms with Gasteiger partial charge in [-0.2, -0.15) is 22.7 Å². The van der Waals surface area contributed by atoms with E-state index in [1.54, 1.807) is 0 Å². The highest BCUT2D eigenvalue weighted by Crippen LogP contribution is 2.33. The third-order valence-electron chi connectivity index (χ3n) is 3.96. The van der Waals surface area contributed by atoms with E-state index >= 15 is 0 Å². The van der Waals surface area contributed by atoms with Crippen molar-refractivity contribution in [2.24, 2.45) is 7.05 Å². The monoisotopic (exact) mass is 444 g/mol. The van der Waals surface area contributed by atoms with E-state index in [9.17, 15) is 27.2 Å². The molecule has 0 unspecified atom stereocenters. The minimum absolute atomic E-state index is 0.0713. The second kappa shape index (κ2) is 8.14. The van der Waals surface area contributed by atoms with E-state index in [1.807, 2.05) is 0 Å². The fourth-order valence-electron chi connectivity index (χ4n) is 2.60. The quantitative estimate of drug-likeness (QED) is 0.526. The molecule has 0 saturated carbocycles. The van der Waals surface area contributed by atoms with Gasteiger partial charge in [0.25, 0.3) is 11.8 Å². The van der Waals surface area contributed by atoms with Crippen molar-refractivity contribution in [3.8, 4) is 0 Å². The van der Waals surface area contributed by atoms with E-state index in [2.05, 4.69) is 25.9 Å². The summed E-state index contributed by atoms with van der Waals surface area (Å²) in [7, 11) is 1.42. The molecule has 0 aliphatic heterocycles. The van der Waals surface area contributed by atoms with Crippen LogP contribution in [0.5, 0.6) is 0 Å². The number of alkyl halides is 3. The number of amides is 2. The maximum absolute atomic E-state index is 13.6. The van der Waals surface area contributed by atoms with Gasteiger partial charge in [0.05, 0.1) is 11.8 Å². The first kappa shape index (κ1) is 21.3. The average Bonchev–Trinajstić information content (AvgIpc) is 3.24. The first-order valence-electron chi connectivity index (χ1n) is 8.24. The summed E-state index contributed by atoms with van der Waals surface area (Å²) in [6, 6.07) is 3.00. The van der Waals surface area contributed by atoms with Crippen LogP contribution in [-0.2, 0) is 19.8 Å². The summed E-state index contributed by atoms with van der Waals surface area (Å²) >= 11 is 5.76. The first-order valence-corrected chi connectivity index (χ1v) is 8.61. The van der Waals surface area contributed by atoms with Gasteiger partial charge in [-0.15, -0.1) is 5.10 Å². The summed E-state index contributed by atoms with van der Waals surface area (Å²) < 4.78 is 54.1. The lowest BCUT2D eigenvalue weighted by atomic mass is 10.1. The number of carbonyl (C=O) groups is 2. The predicted molar refractivity (Wildman–Crippen MR) is 97.3 cm³/mol. The van der Waals surface area contributed by atoms with Crippen LogP contribution in [-0.4, -0.2) is 31.8 Å². The highest BCUT2D eigenvalue weighted by Gasteiger charge is 2.33. The molecule has 2 amide bonds. The lowest BCUT2D eigenvalue weighted by molar-refractivity contribution is -0.138. The summed E-state index contributed by atoms with van der Waals surface area (Å²) in [5, 5.41) is 14.0. The van der Waals surface area contributed by atoms with E-state index in [0.29, 0.717) is 0 Å². The zero-order valence-corrected chi connectivity index (χ0v) is 15.9. The van der Waals surface area contributed by atoms with E-state index in [0.717, 1.165) is 35.3 Å². The summed E-state index contributed by atoms with van der Waals surface area (Å²) in [5.74, 6) is -2.89. The number of hydrogen-bond acceptors (Lipinski definition) is 4. The molecule has 0 bridgehead atoms. The number of rotatable bonds is 5. The van der Waals surface area contributed by atoms with Crippen molar-refractivity contribution >= 4 is 29.2 Å². The lowest BCUT2D eigenvalue weighted by Crippen LogP contribution is -2.25. The number of halogens is 5. The topological polar surface area (TPSA) is 105 Å². The van der Waals surface area contributed by atoms with Crippen LogP contribution in [0.15, 0.2) is 30.6 Å². The average molecular weight is 445 g/mol. The molecule has 13 heteroatoms. The van der Waals surface area contributed by atoms with Gasteiger partial charge in [-0.05, 0) is 23.8 Å². The van der Waals surface area contributed by atoms with Gasteiger partial charge in [0.15, 0.2) is 0 Å². The maximum Gasteiger partial charge on any atom is 0.416 e. The predicted octanol–water partition coefficient (Wildman–Crippen LogP) is 3.14. The van der Waals surface area contributed by atoms with Gasteiger partial charge >= 0.3 is 6.18 Å². The Labute approximate surface area is 171 Å². The van der Waals surface area contributed by atoms with Gasteiger partial charge in [0.2, 0.25) is 5.95 Å². The molecule has 2 heterocycles. The van der Waals surface area contributed by atoms with Crippen molar-refractivity contribution in [2.45, 2.75) is 12.7 Å². The highest BCUT2D eigenvalue weighted by atomic mass is 35.5. The van der Waals surface area contributed by atoms with E-state index < -0.39 is 36.0 Å². The second-order valence-corrected chi connectivity index (χ2v) is 6.54. The summed E-state index contributed by atoms with van der Waals surface area (Å²) in [6.45, 7) is -0.482. The molecule has 0 saturated heterocycles. The molecule has 0 spiro atoms. The zero-order chi connectivity index (χ0) is 22.1. The Morgan fingerprint density at radius 3 is 2.60 bits per heavy atom.